The zero-order valence-corrected chi connectivity index (χ0v) is 18.1. The number of hydrogen-bond donors (Lipinski definition) is 2. The minimum atomic E-state index is -3.71. The Labute approximate surface area is 177 Å². The fourth-order valence-electron chi connectivity index (χ4n) is 3.26. The fraction of sp³-hybridized carbons (Fsp3) is 0.381. The first kappa shape index (κ1) is 22.2. The highest BCUT2D eigenvalue weighted by Gasteiger charge is 2.19. The molecular formula is C21H28N4O4S. The molecular weight excluding hydrogens is 404 g/mol. The van der Waals surface area contributed by atoms with Crippen LogP contribution < -0.4 is 14.9 Å². The highest BCUT2D eigenvalue weighted by atomic mass is 32.2. The molecule has 0 aromatic heterocycles. The minimum absolute atomic E-state index is 0.0404. The standard InChI is InChI=1S/C21H28N4O4S/c1-24-11-13-25(14-12-24)20-9-4-3-8-19(20)23-21(26)17-6-5-7-18(16-17)30(27,28)22-10-15-29-2/h3-9,16,22H,10-15H2,1-2H3,(H,23,26). The van der Waals surface area contributed by atoms with E-state index in [4.69, 9.17) is 4.74 Å². The zero-order chi connectivity index (χ0) is 21.6. The number of amides is 1. The van der Waals surface area contributed by atoms with E-state index < -0.39 is 10.0 Å². The molecule has 9 heteroatoms. The van der Waals surface area contributed by atoms with E-state index in [9.17, 15) is 13.2 Å². The van der Waals surface area contributed by atoms with Crippen LogP contribution in [0.15, 0.2) is 53.4 Å². The third-order valence-corrected chi connectivity index (χ3v) is 6.46. The topological polar surface area (TPSA) is 91.0 Å². The molecule has 1 fully saturated rings. The summed E-state index contributed by atoms with van der Waals surface area (Å²) in [6.07, 6.45) is 0. The van der Waals surface area contributed by atoms with Crippen LogP contribution in [-0.2, 0) is 14.8 Å². The average molecular weight is 433 g/mol. The normalized spacial score (nSPS) is 15.2. The number of sulfonamides is 1. The molecule has 0 saturated carbocycles. The van der Waals surface area contributed by atoms with Gasteiger partial charge in [-0.25, -0.2) is 13.1 Å². The second kappa shape index (κ2) is 10.0. The van der Waals surface area contributed by atoms with Crippen molar-refractivity contribution in [2.24, 2.45) is 0 Å². The minimum Gasteiger partial charge on any atom is -0.383 e. The maximum atomic E-state index is 12.9. The molecule has 0 unspecified atom stereocenters. The number of methoxy groups -OCH3 is 1. The summed E-state index contributed by atoms with van der Waals surface area (Å²) in [4.78, 5) is 17.4. The van der Waals surface area contributed by atoms with Crippen LogP contribution >= 0.6 is 0 Å². The van der Waals surface area contributed by atoms with Crippen molar-refractivity contribution in [2.75, 3.05) is 63.7 Å². The van der Waals surface area contributed by atoms with Gasteiger partial charge in [-0.1, -0.05) is 18.2 Å². The highest BCUT2D eigenvalue weighted by molar-refractivity contribution is 7.89. The molecule has 1 aliphatic heterocycles. The number of likely N-dealkylation sites (N-methyl/N-ethyl adjacent to an activating group) is 1. The van der Waals surface area contributed by atoms with Crippen LogP contribution in [0.2, 0.25) is 0 Å². The van der Waals surface area contributed by atoms with Gasteiger partial charge in [-0.3, -0.25) is 4.79 Å². The Balaban J connectivity index is 1.76. The Morgan fingerprint density at radius 3 is 2.53 bits per heavy atom. The molecule has 1 saturated heterocycles. The number of anilines is 2. The van der Waals surface area contributed by atoms with Crippen molar-refractivity contribution in [2.45, 2.75) is 4.90 Å². The molecule has 2 N–H and O–H groups in total. The number of carbonyl (C=O) groups excluding carboxylic acids is 1. The summed E-state index contributed by atoms with van der Waals surface area (Å²) in [5, 5.41) is 2.94. The number of rotatable bonds is 8. The molecule has 1 heterocycles. The van der Waals surface area contributed by atoms with Gasteiger partial charge >= 0.3 is 0 Å². The van der Waals surface area contributed by atoms with E-state index in [-0.39, 0.29) is 29.5 Å². The lowest BCUT2D eigenvalue weighted by atomic mass is 10.2. The Hall–Kier alpha value is -2.46. The zero-order valence-electron chi connectivity index (χ0n) is 17.3. The largest absolute Gasteiger partial charge is 0.383 e. The van der Waals surface area contributed by atoms with Gasteiger partial charge in [0, 0.05) is 45.4 Å². The van der Waals surface area contributed by atoms with E-state index in [2.05, 4.69) is 26.9 Å². The van der Waals surface area contributed by atoms with Gasteiger partial charge < -0.3 is 19.9 Å². The van der Waals surface area contributed by atoms with Gasteiger partial charge in [0.05, 0.1) is 22.9 Å². The molecule has 1 amide bonds. The molecule has 2 aromatic carbocycles. The van der Waals surface area contributed by atoms with E-state index in [0.29, 0.717) is 5.69 Å². The summed E-state index contributed by atoms with van der Waals surface area (Å²) in [5.74, 6) is -0.356. The van der Waals surface area contributed by atoms with Gasteiger partial charge in [0.2, 0.25) is 10.0 Å². The van der Waals surface area contributed by atoms with Crippen LogP contribution in [0.25, 0.3) is 0 Å². The second-order valence-electron chi connectivity index (χ2n) is 7.18. The molecule has 30 heavy (non-hydrogen) atoms. The maximum Gasteiger partial charge on any atom is 0.255 e. The summed E-state index contributed by atoms with van der Waals surface area (Å²) in [7, 11) is -0.122. The van der Waals surface area contributed by atoms with Gasteiger partial charge in [-0.2, -0.15) is 0 Å². The summed E-state index contributed by atoms with van der Waals surface area (Å²) in [6.45, 7) is 4.10. The number of ether oxygens (including phenoxy) is 1. The predicted octanol–water partition coefficient (Wildman–Crippen LogP) is 1.62. The summed E-state index contributed by atoms with van der Waals surface area (Å²) in [6, 6.07) is 13.7. The third kappa shape index (κ3) is 5.57. The van der Waals surface area contributed by atoms with E-state index in [1.807, 2.05) is 24.3 Å². The molecule has 0 radical (unpaired) electrons. The van der Waals surface area contributed by atoms with Crippen molar-refractivity contribution in [1.82, 2.24) is 9.62 Å². The summed E-state index contributed by atoms with van der Waals surface area (Å²) < 4.78 is 32.2. The van der Waals surface area contributed by atoms with Crippen LogP contribution in [-0.4, -0.2) is 72.7 Å². The molecule has 1 aliphatic rings. The van der Waals surface area contributed by atoms with Crippen molar-refractivity contribution in [1.29, 1.82) is 0 Å². The van der Waals surface area contributed by atoms with Crippen LogP contribution in [0.5, 0.6) is 0 Å². The lowest BCUT2D eigenvalue weighted by molar-refractivity contribution is 0.102. The lowest BCUT2D eigenvalue weighted by Crippen LogP contribution is -2.44. The Morgan fingerprint density at radius 1 is 1.07 bits per heavy atom. The molecule has 8 nitrogen and oxygen atoms in total. The number of para-hydroxylation sites is 2. The number of benzene rings is 2. The first-order chi connectivity index (χ1) is 14.4. The summed E-state index contributed by atoms with van der Waals surface area (Å²) in [5.41, 5.74) is 1.94. The molecule has 2 aromatic rings. The van der Waals surface area contributed by atoms with Gasteiger partial charge in [0.1, 0.15) is 0 Å². The van der Waals surface area contributed by atoms with Crippen molar-refractivity contribution in [3.8, 4) is 0 Å². The van der Waals surface area contributed by atoms with Crippen LogP contribution in [0.4, 0.5) is 11.4 Å². The monoisotopic (exact) mass is 432 g/mol. The number of nitrogens with one attached hydrogen (secondary N) is 2. The molecule has 0 atom stereocenters. The molecule has 3 rings (SSSR count). The van der Waals surface area contributed by atoms with E-state index in [0.717, 1.165) is 31.9 Å². The van der Waals surface area contributed by atoms with E-state index in [1.165, 1.54) is 19.2 Å². The Morgan fingerprint density at radius 2 is 1.80 bits per heavy atom. The van der Waals surface area contributed by atoms with Crippen LogP contribution in [0.1, 0.15) is 10.4 Å². The number of hydrogen-bond acceptors (Lipinski definition) is 6. The van der Waals surface area contributed by atoms with Gasteiger partial charge in [0.15, 0.2) is 0 Å². The lowest BCUT2D eigenvalue weighted by Gasteiger charge is -2.35. The Bertz CT molecular complexity index is 972. The first-order valence-electron chi connectivity index (χ1n) is 9.83. The number of carbonyl (C=O) groups is 1. The van der Waals surface area contributed by atoms with E-state index in [1.54, 1.807) is 12.1 Å². The molecule has 0 aliphatic carbocycles. The SMILES string of the molecule is COCCNS(=O)(=O)c1cccc(C(=O)Nc2ccccc2N2CCN(C)CC2)c1. The summed E-state index contributed by atoms with van der Waals surface area (Å²) >= 11 is 0. The maximum absolute atomic E-state index is 12.9. The highest BCUT2D eigenvalue weighted by Crippen LogP contribution is 2.27. The van der Waals surface area contributed by atoms with Gasteiger partial charge in [-0.15, -0.1) is 0 Å². The van der Waals surface area contributed by atoms with Gasteiger partial charge in [0.25, 0.3) is 5.91 Å². The Kier molecular flexibility index (Phi) is 7.43. The third-order valence-electron chi connectivity index (χ3n) is 5.00. The fourth-order valence-corrected chi connectivity index (χ4v) is 4.32. The van der Waals surface area contributed by atoms with Crippen molar-refractivity contribution in [3.63, 3.8) is 0 Å². The predicted molar refractivity (Wildman–Crippen MR) is 118 cm³/mol. The van der Waals surface area contributed by atoms with Gasteiger partial charge in [-0.05, 0) is 37.4 Å². The van der Waals surface area contributed by atoms with Crippen LogP contribution in [0.3, 0.4) is 0 Å². The molecule has 0 bridgehead atoms. The van der Waals surface area contributed by atoms with Crippen molar-refractivity contribution >= 4 is 27.3 Å². The van der Waals surface area contributed by atoms with Crippen LogP contribution in [0, 0.1) is 0 Å². The van der Waals surface area contributed by atoms with Crippen molar-refractivity contribution in [3.05, 3.63) is 54.1 Å². The second-order valence-corrected chi connectivity index (χ2v) is 8.95. The molecule has 162 valence electrons. The van der Waals surface area contributed by atoms with E-state index >= 15 is 0 Å². The smallest absolute Gasteiger partial charge is 0.255 e. The van der Waals surface area contributed by atoms with Crippen molar-refractivity contribution < 1.29 is 17.9 Å². The molecule has 0 spiro atoms. The number of piperazine rings is 1. The first-order valence-corrected chi connectivity index (χ1v) is 11.3. The number of nitrogens with zero attached hydrogens (tertiary/aromatic N) is 2. The average Bonchev–Trinajstić information content (AvgIpc) is 2.75. The quantitative estimate of drug-likeness (QED) is 0.616.